The second-order valence-corrected chi connectivity index (χ2v) is 7.12. The minimum Gasteiger partial charge on any atom is -0.388 e. The van der Waals surface area contributed by atoms with Crippen molar-refractivity contribution in [3.8, 4) is 11.8 Å². The lowest BCUT2D eigenvalue weighted by Crippen LogP contribution is -2.20. The third kappa shape index (κ3) is 5.47. The Labute approximate surface area is 132 Å². The van der Waals surface area contributed by atoms with Gasteiger partial charge in [-0.15, -0.1) is 11.3 Å². The van der Waals surface area contributed by atoms with E-state index in [0.717, 1.165) is 28.5 Å². The first-order valence-corrected chi connectivity index (χ1v) is 8.89. The largest absolute Gasteiger partial charge is 0.388 e. The van der Waals surface area contributed by atoms with Crippen LogP contribution in [0.3, 0.4) is 0 Å². The molecular formula is C18H26O2S. The number of thiophene rings is 1. The molecule has 1 N–H and O–H groups in total. The molecule has 1 aliphatic rings. The number of hydrogen-bond acceptors (Lipinski definition) is 3. The molecule has 2 nitrogen and oxygen atoms in total. The molecule has 0 aliphatic heterocycles. The zero-order chi connectivity index (χ0) is 15.1. The Balaban J connectivity index is 1.75. The lowest BCUT2D eigenvalue weighted by atomic mass is 9.89. The summed E-state index contributed by atoms with van der Waals surface area (Å²) in [6, 6.07) is 3.98. The fraction of sp³-hybridized carbons (Fsp3) is 0.667. The van der Waals surface area contributed by atoms with E-state index in [4.69, 9.17) is 4.74 Å². The Bertz CT molecular complexity index is 475. The van der Waals surface area contributed by atoms with E-state index in [0.29, 0.717) is 12.7 Å². The average molecular weight is 306 g/mol. The summed E-state index contributed by atoms with van der Waals surface area (Å²) >= 11 is 1.59. The smallest absolute Gasteiger partial charge is 0.108 e. The maximum Gasteiger partial charge on any atom is 0.108 e. The van der Waals surface area contributed by atoms with E-state index in [9.17, 15) is 5.11 Å². The normalized spacial score (nSPS) is 23.4. The Kier molecular flexibility index (Phi) is 6.76. The molecule has 0 bridgehead atoms. The molecule has 2 rings (SSSR count). The molecule has 1 aliphatic carbocycles. The van der Waals surface area contributed by atoms with Crippen molar-refractivity contribution in [1.29, 1.82) is 0 Å². The van der Waals surface area contributed by atoms with Crippen LogP contribution in [0.15, 0.2) is 12.1 Å². The van der Waals surface area contributed by atoms with Gasteiger partial charge in [0.25, 0.3) is 0 Å². The summed E-state index contributed by atoms with van der Waals surface area (Å²) in [4.78, 5) is 2.03. The molecule has 0 saturated heterocycles. The van der Waals surface area contributed by atoms with E-state index in [1.807, 2.05) is 12.1 Å². The second-order valence-electron chi connectivity index (χ2n) is 6.00. The Hall–Kier alpha value is -0.820. The molecule has 0 spiro atoms. The van der Waals surface area contributed by atoms with Gasteiger partial charge in [-0.2, -0.15) is 0 Å². The molecule has 1 fully saturated rings. The standard InChI is InChI=1S/C18H26O2S/c1-3-5-17(19)18-12-11-16(21-18)6-4-13-20-15-9-7-14(2)8-10-15/h11-12,14-15,17,19H,3,5,7-10,13H2,1-2H3. The van der Waals surface area contributed by atoms with Crippen molar-refractivity contribution in [2.45, 2.75) is 64.6 Å². The van der Waals surface area contributed by atoms with Gasteiger partial charge in [-0.05, 0) is 50.2 Å². The van der Waals surface area contributed by atoms with Gasteiger partial charge in [0.2, 0.25) is 0 Å². The van der Waals surface area contributed by atoms with Crippen LogP contribution in [0.4, 0.5) is 0 Å². The van der Waals surface area contributed by atoms with Crippen LogP contribution in [0.2, 0.25) is 0 Å². The van der Waals surface area contributed by atoms with E-state index in [1.54, 1.807) is 11.3 Å². The quantitative estimate of drug-likeness (QED) is 0.810. The first-order chi connectivity index (χ1) is 10.2. The van der Waals surface area contributed by atoms with E-state index in [2.05, 4.69) is 25.7 Å². The van der Waals surface area contributed by atoms with Crippen molar-refractivity contribution in [3.63, 3.8) is 0 Å². The number of hydrogen-bond donors (Lipinski definition) is 1. The molecule has 1 aromatic heterocycles. The van der Waals surface area contributed by atoms with Crippen molar-refractivity contribution in [2.24, 2.45) is 5.92 Å². The van der Waals surface area contributed by atoms with Crippen LogP contribution in [0.1, 0.15) is 68.2 Å². The van der Waals surface area contributed by atoms with Crippen molar-refractivity contribution in [3.05, 3.63) is 21.9 Å². The first kappa shape index (κ1) is 16.5. The number of aliphatic hydroxyl groups excluding tert-OH is 1. The molecule has 1 saturated carbocycles. The van der Waals surface area contributed by atoms with E-state index in [1.165, 1.54) is 25.7 Å². The second kappa shape index (κ2) is 8.58. The van der Waals surface area contributed by atoms with Crippen LogP contribution in [0.5, 0.6) is 0 Å². The molecule has 116 valence electrons. The van der Waals surface area contributed by atoms with E-state index < -0.39 is 0 Å². The van der Waals surface area contributed by atoms with Gasteiger partial charge >= 0.3 is 0 Å². The minimum atomic E-state index is -0.337. The predicted molar refractivity (Wildman–Crippen MR) is 88.4 cm³/mol. The maximum absolute atomic E-state index is 9.93. The van der Waals surface area contributed by atoms with E-state index in [-0.39, 0.29) is 6.10 Å². The predicted octanol–water partition coefficient (Wildman–Crippen LogP) is 4.53. The highest BCUT2D eigenvalue weighted by molar-refractivity contribution is 7.12. The van der Waals surface area contributed by atoms with Crippen LogP contribution in [0, 0.1) is 17.8 Å². The first-order valence-electron chi connectivity index (χ1n) is 8.07. The molecule has 0 amide bonds. The molecule has 21 heavy (non-hydrogen) atoms. The fourth-order valence-electron chi connectivity index (χ4n) is 2.69. The monoisotopic (exact) mass is 306 g/mol. The summed E-state index contributed by atoms with van der Waals surface area (Å²) in [7, 11) is 0. The van der Waals surface area contributed by atoms with Gasteiger partial charge in [0.15, 0.2) is 0 Å². The summed E-state index contributed by atoms with van der Waals surface area (Å²) < 4.78 is 5.83. The van der Waals surface area contributed by atoms with Crippen LogP contribution in [0.25, 0.3) is 0 Å². The summed E-state index contributed by atoms with van der Waals surface area (Å²) in [5, 5.41) is 9.93. The van der Waals surface area contributed by atoms with Crippen LogP contribution < -0.4 is 0 Å². The summed E-state index contributed by atoms with van der Waals surface area (Å²) in [5.74, 6) is 7.10. The molecule has 1 aromatic rings. The summed E-state index contributed by atoms with van der Waals surface area (Å²) in [6.45, 7) is 4.92. The lowest BCUT2D eigenvalue weighted by Gasteiger charge is -2.25. The Morgan fingerprint density at radius 3 is 2.81 bits per heavy atom. The van der Waals surface area contributed by atoms with Crippen molar-refractivity contribution in [2.75, 3.05) is 6.61 Å². The Morgan fingerprint density at radius 1 is 1.33 bits per heavy atom. The van der Waals surface area contributed by atoms with E-state index >= 15 is 0 Å². The van der Waals surface area contributed by atoms with Crippen LogP contribution in [-0.4, -0.2) is 17.8 Å². The van der Waals surface area contributed by atoms with Gasteiger partial charge < -0.3 is 9.84 Å². The van der Waals surface area contributed by atoms with Gasteiger partial charge in [0.1, 0.15) is 6.61 Å². The van der Waals surface area contributed by atoms with Gasteiger partial charge in [-0.25, -0.2) is 0 Å². The third-order valence-corrected chi connectivity index (χ3v) is 5.18. The summed E-state index contributed by atoms with van der Waals surface area (Å²) in [5.41, 5.74) is 0. The number of aliphatic hydroxyl groups is 1. The Morgan fingerprint density at radius 2 is 2.10 bits per heavy atom. The van der Waals surface area contributed by atoms with Gasteiger partial charge in [-0.3, -0.25) is 0 Å². The SMILES string of the molecule is CCCC(O)c1ccc(C#CCOC2CCC(C)CC2)s1. The molecule has 1 heterocycles. The number of ether oxygens (including phenoxy) is 1. The molecule has 3 heteroatoms. The molecule has 1 unspecified atom stereocenters. The fourth-order valence-corrected chi connectivity index (χ4v) is 3.60. The third-order valence-electron chi connectivity index (χ3n) is 4.08. The minimum absolute atomic E-state index is 0.337. The maximum atomic E-state index is 9.93. The highest BCUT2D eigenvalue weighted by Gasteiger charge is 2.17. The van der Waals surface area contributed by atoms with Crippen molar-refractivity contribution in [1.82, 2.24) is 0 Å². The molecular weight excluding hydrogens is 280 g/mol. The van der Waals surface area contributed by atoms with Crippen LogP contribution in [-0.2, 0) is 4.74 Å². The zero-order valence-electron chi connectivity index (χ0n) is 13.1. The van der Waals surface area contributed by atoms with Gasteiger partial charge in [0.05, 0.1) is 17.1 Å². The van der Waals surface area contributed by atoms with Gasteiger partial charge in [-0.1, -0.05) is 32.1 Å². The van der Waals surface area contributed by atoms with Gasteiger partial charge in [0, 0.05) is 4.88 Å². The molecule has 1 atom stereocenters. The zero-order valence-corrected chi connectivity index (χ0v) is 13.9. The number of rotatable bonds is 5. The summed E-state index contributed by atoms with van der Waals surface area (Å²) in [6.07, 6.45) is 6.79. The highest BCUT2D eigenvalue weighted by atomic mass is 32.1. The highest BCUT2D eigenvalue weighted by Crippen LogP contribution is 2.26. The molecule has 0 aromatic carbocycles. The van der Waals surface area contributed by atoms with Crippen LogP contribution >= 0.6 is 11.3 Å². The topological polar surface area (TPSA) is 29.5 Å². The average Bonchev–Trinajstić information content (AvgIpc) is 2.95. The van der Waals surface area contributed by atoms with Crippen molar-refractivity contribution >= 4 is 11.3 Å². The van der Waals surface area contributed by atoms with Crippen molar-refractivity contribution < 1.29 is 9.84 Å². The molecule has 0 radical (unpaired) electrons. The lowest BCUT2D eigenvalue weighted by molar-refractivity contribution is 0.0396.